The lowest BCUT2D eigenvalue weighted by atomic mass is 9.91. The third-order valence-electron chi connectivity index (χ3n) is 3.19. The average molecular weight is 212 g/mol. The zero-order chi connectivity index (χ0) is 10.8. The molecule has 0 bridgehead atoms. The van der Waals surface area contributed by atoms with Crippen molar-refractivity contribution in [2.24, 2.45) is 5.92 Å². The molecule has 1 aliphatic rings. The number of hydrogen-bond acceptors (Lipinski definition) is 3. The Morgan fingerprint density at radius 3 is 2.27 bits per heavy atom. The second-order valence-corrected chi connectivity index (χ2v) is 4.06. The van der Waals surface area contributed by atoms with Crippen LogP contribution in [0.4, 0.5) is 0 Å². The molecule has 0 amide bonds. The summed E-state index contributed by atoms with van der Waals surface area (Å²) < 4.78 is 1.27. The first-order valence-corrected chi connectivity index (χ1v) is 5.30. The third-order valence-corrected chi connectivity index (χ3v) is 3.19. The number of rotatable bonds is 2. The van der Waals surface area contributed by atoms with Crippen molar-refractivity contribution in [3.05, 3.63) is 21.0 Å². The zero-order valence-electron chi connectivity index (χ0n) is 8.75. The molecule has 2 rings (SSSR count). The summed E-state index contributed by atoms with van der Waals surface area (Å²) in [4.78, 5) is 22.8. The van der Waals surface area contributed by atoms with Crippen LogP contribution in [0.1, 0.15) is 25.8 Å². The van der Waals surface area contributed by atoms with Crippen LogP contribution < -0.4 is 16.7 Å². The molecule has 0 aromatic carbocycles. The van der Waals surface area contributed by atoms with Crippen molar-refractivity contribution in [2.45, 2.75) is 25.8 Å². The van der Waals surface area contributed by atoms with Gasteiger partial charge in [0.25, 0.3) is 0 Å². The number of aromatic amines is 2. The Labute approximate surface area is 86.7 Å². The van der Waals surface area contributed by atoms with E-state index in [4.69, 9.17) is 0 Å². The first-order chi connectivity index (χ1) is 7.20. The van der Waals surface area contributed by atoms with E-state index >= 15 is 0 Å². The van der Waals surface area contributed by atoms with E-state index in [1.807, 2.05) is 6.92 Å². The molecule has 2 heterocycles. The Bertz CT molecular complexity index is 396. The van der Waals surface area contributed by atoms with Gasteiger partial charge in [-0.05, 0) is 38.8 Å². The number of nitrogens with zero attached hydrogens (tertiary/aromatic N) is 1. The third kappa shape index (κ3) is 1.90. The van der Waals surface area contributed by atoms with E-state index in [0.29, 0.717) is 5.92 Å². The molecule has 1 saturated heterocycles. The van der Waals surface area contributed by atoms with Gasteiger partial charge in [-0.15, -0.1) is 0 Å². The van der Waals surface area contributed by atoms with E-state index in [-0.39, 0.29) is 17.4 Å². The van der Waals surface area contributed by atoms with Crippen LogP contribution in [-0.2, 0) is 0 Å². The molecule has 6 nitrogen and oxygen atoms in total. The minimum Gasteiger partial charge on any atom is -0.317 e. The van der Waals surface area contributed by atoms with Gasteiger partial charge in [0.15, 0.2) is 0 Å². The van der Waals surface area contributed by atoms with Gasteiger partial charge in [0.05, 0.1) is 0 Å². The monoisotopic (exact) mass is 212 g/mol. The van der Waals surface area contributed by atoms with Gasteiger partial charge in [0.2, 0.25) is 0 Å². The van der Waals surface area contributed by atoms with Gasteiger partial charge in [-0.25, -0.2) is 24.4 Å². The number of H-pyrrole nitrogens is 2. The van der Waals surface area contributed by atoms with Crippen molar-refractivity contribution in [3.8, 4) is 0 Å². The first kappa shape index (κ1) is 10.2. The van der Waals surface area contributed by atoms with Gasteiger partial charge >= 0.3 is 11.4 Å². The lowest BCUT2D eigenvalue weighted by Crippen LogP contribution is -2.38. The predicted molar refractivity (Wildman–Crippen MR) is 56.0 cm³/mol. The number of piperidine rings is 1. The minimum absolute atomic E-state index is 0.0328. The summed E-state index contributed by atoms with van der Waals surface area (Å²) in [7, 11) is 0. The van der Waals surface area contributed by atoms with Crippen molar-refractivity contribution >= 4 is 0 Å². The molecule has 1 fully saturated rings. The zero-order valence-corrected chi connectivity index (χ0v) is 8.75. The van der Waals surface area contributed by atoms with E-state index < -0.39 is 0 Å². The summed E-state index contributed by atoms with van der Waals surface area (Å²) in [5.41, 5.74) is -0.683. The van der Waals surface area contributed by atoms with Gasteiger partial charge in [0.1, 0.15) is 0 Å². The van der Waals surface area contributed by atoms with Crippen molar-refractivity contribution in [3.63, 3.8) is 0 Å². The van der Waals surface area contributed by atoms with Gasteiger partial charge < -0.3 is 5.32 Å². The average Bonchev–Trinajstić information content (AvgIpc) is 2.59. The second-order valence-electron chi connectivity index (χ2n) is 4.06. The van der Waals surface area contributed by atoms with Gasteiger partial charge in [-0.3, -0.25) is 0 Å². The molecule has 15 heavy (non-hydrogen) atoms. The molecule has 1 aliphatic heterocycles. The molecule has 3 N–H and O–H groups in total. The molecule has 1 aromatic heterocycles. The largest absolute Gasteiger partial charge is 0.344 e. The highest BCUT2D eigenvalue weighted by atomic mass is 16.2. The molecule has 1 atom stereocenters. The molecule has 0 saturated carbocycles. The molecule has 84 valence electrons. The maximum Gasteiger partial charge on any atom is 0.344 e. The fourth-order valence-electron chi connectivity index (χ4n) is 2.23. The fourth-order valence-corrected chi connectivity index (χ4v) is 2.23. The predicted octanol–water partition coefficient (Wildman–Crippen LogP) is -0.575. The van der Waals surface area contributed by atoms with Crippen LogP contribution in [0.25, 0.3) is 0 Å². The normalized spacial score (nSPS) is 20.3. The Morgan fingerprint density at radius 1 is 1.20 bits per heavy atom. The Morgan fingerprint density at radius 2 is 1.73 bits per heavy atom. The summed E-state index contributed by atoms with van der Waals surface area (Å²) in [6.45, 7) is 3.86. The Balaban J connectivity index is 2.23. The van der Waals surface area contributed by atoms with E-state index in [9.17, 15) is 9.59 Å². The van der Waals surface area contributed by atoms with Crippen LogP contribution in [0.5, 0.6) is 0 Å². The minimum atomic E-state index is -0.342. The van der Waals surface area contributed by atoms with Crippen LogP contribution in [0.2, 0.25) is 0 Å². The number of aromatic nitrogens is 3. The quantitative estimate of drug-likeness (QED) is 0.613. The number of hydrogen-bond donors (Lipinski definition) is 3. The number of nitrogens with one attached hydrogen (secondary N) is 3. The highest BCUT2D eigenvalue weighted by Crippen LogP contribution is 2.23. The van der Waals surface area contributed by atoms with Crippen molar-refractivity contribution in [1.29, 1.82) is 0 Å². The van der Waals surface area contributed by atoms with Crippen molar-refractivity contribution < 1.29 is 0 Å². The molecule has 6 heteroatoms. The Kier molecular flexibility index (Phi) is 2.77. The van der Waals surface area contributed by atoms with E-state index in [0.717, 1.165) is 25.9 Å². The Hall–Kier alpha value is -1.30. The summed E-state index contributed by atoms with van der Waals surface area (Å²) >= 11 is 0. The molecular formula is C9H16N4O2. The van der Waals surface area contributed by atoms with Crippen LogP contribution >= 0.6 is 0 Å². The van der Waals surface area contributed by atoms with Crippen LogP contribution in [-0.4, -0.2) is 27.9 Å². The van der Waals surface area contributed by atoms with Gasteiger partial charge in [0, 0.05) is 6.04 Å². The summed E-state index contributed by atoms with van der Waals surface area (Å²) in [6, 6.07) is -0.0328. The van der Waals surface area contributed by atoms with Crippen molar-refractivity contribution in [2.75, 3.05) is 13.1 Å². The topological polar surface area (TPSA) is 82.7 Å². The SMILES string of the molecule is CC(C1CCNCC1)n1c(=O)[nH][nH]c1=O. The van der Waals surface area contributed by atoms with Gasteiger partial charge in [-0.2, -0.15) is 0 Å². The smallest absolute Gasteiger partial charge is 0.317 e. The maximum atomic E-state index is 11.4. The van der Waals surface area contributed by atoms with E-state index in [1.165, 1.54) is 4.57 Å². The highest BCUT2D eigenvalue weighted by molar-refractivity contribution is 4.80. The fraction of sp³-hybridized carbons (Fsp3) is 0.778. The standard InChI is InChI=1S/C9H16N4O2/c1-6(7-2-4-10-5-3-7)13-8(14)11-12-9(13)15/h6-7,10H,2-5H2,1H3,(H,11,14)(H,12,15). The van der Waals surface area contributed by atoms with E-state index in [1.54, 1.807) is 0 Å². The summed E-state index contributed by atoms with van der Waals surface area (Å²) in [6.07, 6.45) is 2.02. The maximum absolute atomic E-state index is 11.4. The van der Waals surface area contributed by atoms with Crippen LogP contribution in [0.3, 0.4) is 0 Å². The summed E-state index contributed by atoms with van der Waals surface area (Å²) in [5, 5.41) is 7.89. The molecule has 1 unspecified atom stereocenters. The molecule has 0 radical (unpaired) electrons. The lowest BCUT2D eigenvalue weighted by Gasteiger charge is -2.27. The summed E-state index contributed by atoms with van der Waals surface area (Å²) in [5.74, 6) is 0.404. The first-order valence-electron chi connectivity index (χ1n) is 5.30. The van der Waals surface area contributed by atoms with Crippen LogP contribution in [0.15, 0.2) is 9.59 Å². The second kappa shape index (κ2) is 4.06. The lowest BCUT2D eigenvalue weighted by molar-refractivity contribution is 0.267. The van der Waals surface area contributed by atoms with Crippen LogP contribution in [0, 0.1) is 5.92 Å². The molecular weight excluding hydrogens is 196 g/mol. The van der Waals surface area contributed by atoms with Gasteiger partial charge in [-0.1, -0.05) is 0 Å². The van der Waals surface area contributed by atoms with E-state index in [2.05, 4.69) is 15.5 Å². The molecule has 1 aromatic rings. The molecule has 0 spiro atoms. The highest BCUT2D eigenvalue weighted by Gasteiger charge is 2.23. The van der Waals surface area contributed by atoms with Crippen molar-refractivity contribution in [1.82, 2.24) is 20.1 Å². The molecule has 0 aliphatic carbocycles.